The van der Waals surface area contributed by atoms with Crippen LogP contribution in [0.15, 0.2) is 72.8 Å². The largest absolute Gasteiger partial charge is 0.457 e. The summed E-state index contributed by atoms with van der Waals surface area (Å²) < 4.78 is 17.3. The molecule has 3 aromatic rings. The maximum atomic E-state index is 13.7. The van der Waals surface area contributed by atoms with Crippen molar-refractivity contribution in [2.75, 3.05) is 11.9 Å². The third-order valence-corrected chi connectivity index (χ3v) is 12.5. The average Bonchev–Trinajstić information content (AvgIpc) is 3.97. The molecule has 0 spiro atoms. The first-order chi connectivity index (χ1) is 24.6. The van der Waals surface area contributed by atoms with Crippen molar-refractivity contribution >= 4 is 41.3 Å². The molecule has 0 radical (unpaired) electrons. The molecule has 4 bridgehead atoms. The van der Waals surface area contributed by atoms with Crippen molar-refractivity contribution in [3.63, 3.8) is 0 Å². The summed E-state index contributed by atoms with van der Waals surface area (Å²) in [7, 11) is 1.51. The highest BCUT2D eigenvalue weighted by molar-refractivity contribution is 6.22. The van der Waals surface area contributed by atoms with E-state index in [2.05, 4.69) is 0 Å². The van der Waals surface area contributed by atoms with Crippen LogP contribution in [0.1, 0.15) is 31.2 Å². The second-order valence-electron chi connectivity index (χ2n) is 15.1. The molecule has 3 aromatic carbocycles. The number of hydrogen-bond donors (Lipinski definition) is 0. The Morgan fingerprint density at radius 3 is 1.49 bits per heavy atom. The number of anilines is 1. The van der Waals surface area contributed by atoms with Gasteiger partial charge in [0.1, 0.15) is 23.0 Å². The lowest BCUT2D eigenvalue weighted by molar-refractivity contribution is -0.144. The Balaban J connectivity index is 0.816. The van der Waals surface area contributed by atoms with E-state index in [0.717, 1.165) is 5.56 Å². The molecule has 6 fully saturated rings. The van der Waals surface area contributed by atoms with Crippen LogP contribution in [0.4, 0.5) is 5.69 Å². The van der Waals surface area contributed by atoms with Gasteiger partial charge in [0.2, 0.25) is 23.6 Å². The number of rotatable bonds is 7. The van der Waals surface area contributed by atoms with Crippen molar-refractivity contribution in [1.29, 1.82) is 0 Å². The van der Waals surface area contributed by atoms with Crippen LogP contribution in [0.3, 0.4) is 0 Å². The lowest BCUT2D eigenvalue weighted by atomic mass is 9.75. The standard InChI is InChI=1S/C40H36N2O9/c1-19-3-7-23(8-4-19)49-24-9-5-22(6-10-24)42-37(45)32-21-16-28(34(32)38(42)46)30(18-21)40(48)51-26-13-11-25(12-14-26)50-39(47)29-17-20-15-27(29)33-31(20)35(43)41(2)36(33)44/h3-14,20-21,27-34H,15-18H2,1-2H3. The van der Waals surface area contributed by atoms with E-state index in [9.17, 15) is 28.8 Å². The number of carbonyl (C=O) groups is 6. The average molecular weight is 689 g/mol. The van der Waals surface area contributed by atoms with Crippen molar-refractivity contribution < 1.29 is 43.0 Å². The number of fused-ring (bicyclic) bond motifs is 10. The van der Waals surface area contributed by atoms with Gasteiger partial charge in [0.25, 0.3) is 0 Å². The van der Waals surface area contributed by atoms with Gasteiger partial charge in [-0.05, 0) is 117 Å². The van der Waals surface area contributed by atoms with Gasteiger partial charge in [0.05, 0.1) is 41.2 Å². The SMILES string of the molecule is Cc1ccc(Oc2ccc(N3C(=O)C4C5CC(C(=O)Oc6ccc(OC(=O)C7CC8CC7C7C(=O)N(C)C(=O)C87)cc6)C(C5)C4C3=O)cc2)cc1. The zero-order valence-electron chi connectivity index (χ0n) is 28.1. The van der Waals surface area contributed by atoms with Gasteiger partial charge in [0, 0.05) is 7.05 Å². The van der Waals surface area contributed by atoms with Gasteiger partial charge in [-0.2, -0.15) is 0 Å². The van der Waals surface area contributed by atoms with E-state index < -0.39 is 41.5 Å². The molecule has 6 aliphatic rings. The number of esters is 2. The predicted octanol–water partition coefficient (Wildman–Crippen LogP) is 4.95. The third kappa shape index (κ3) is 4.92. The first-order valence-electron chi connectivity index (χ1n) is 17.6. The number of carbonyl (C=O) groups excluding carboxylic acids is 6. The summed E-state index contributed by atoms with van der Waals surface area (Å²) in [4.78, 5) is 81.5. The summed E-state index contributed by atoms with van der Waals surface area (Å²) in [5.41, 5.74) is 1.60. The van der Waals surface area contributed by atoms with Crippen LogP contribution in [0.25, 0.3) is 0 Å². The summed E-state index contributed by atoms with van der Waals surface area (Å²) >= 11 is 0. The van der Waals surface area contributed by atoms with Gasteiger partial charge in [-0.3, -0.25) is 38.6 Å². The lowest BCUT2D eigenvalue weighted by Gasteiger charge is -2.27. The molecule has 2 aliphatic heterocycles. The fourth-order valence-corrected chi connectivity index (χ4v) is 10.2. The van der Waals surface area contributed by atoms with Crippen LogP contribution in [-0.2, 0) is 28.8 Å². The summed E-state index contributed by atoms with van der Waals surface area (Å²) in [5.74, 6) is -3.17. The minimum atomic E-state index is -0.571. The number of hydrogen-bond acceptors (Lipinski definition) is 9. The van der Waals surface area contributed by atoms with Gasteiger partial charge in [0.15, 0.2) is 0 Å². The summed E-state index contributed by atoms with van der Waals surface area (Å²) in [5, 5.41) is 0. The van der Waals surface area contributed by atoms with E-state index in [-0.39, 0.29) is 64.7 Å². The molecule has 260 valence electrons. The van der Waals surface area contributed by atoms with E-state index in [1.54, 1.807) is 48.5 Å². The first kappa shape index (κ1) is 31.6. The van der Waals surface area contributed by atoms with E-state index in [1.165, 1.54) is 16.8 Å². The molecule has 11 nitrogen and oxygen atoms in total. The van der Waals surface area contributed by atoms with E-state index in [4.69, 9.17) is 14.2 Å². The van der Waals surface area contributed by atoms with E-state index in [1.807, 2.05) is 31.2 Å². The van der Waals surface area contributed by atoms with Crippen molar-refractivity contribution in [3.8, 4) is 23.0 Å². The Labute approximate surface area is 293 Å². The van der Waals surface area contributed by atoms with Gasteiger partial charge in [-0.15, -0.1) is 0 Å². The number of imide groups is 2. The number of likely N-dealkylation sites (tertiary alicyclic amines) is 1. The molecule has 2 heterocycles. The number of nitrogens with zero attached hydrogens (tertiary/aromatic N) is 2. The zero-order chi connectivity index (χ0) is 35.3. The molecule has 4 aliphatic carbocycles. The van der Waals surface area contributed by atoms with Crippen LogP contribution in [0, 0.1) is 66.1 Å². The maximum absolute atomic E-state index is 13.7. The number of aryl methyl sites for hydroxylation is 1. The quantitative estimate of drug-likeness (QED) is 0.192. The fourth-order valence-electron chi connectivity index (χ4n) is 10.2. The molecule has 11 heteroatoms. The molecular formula is C40H36N2O9. The van der Waals surface area contributed by atoms with E-state index >= 15 is 0 Å². The highest BCUT2D eigenvalue weighted by Crippen LogP contribution is 2.60. The molecule has 9 rings (SSSR count). The number of amides is 4. The molecular weight excluding hydrogens is 652 g/mol. The summed E-state index contributed by atoms with van der Waals surface area (Å²) in [6.07, 6.45) is 2.31. The van der Waals surface area contributed by atoms with Crippen LogP contribution in [0.5, 0.6) is 23.0 Å². The third-order valence-electron chi connectivity index (χ3n) is 12.5. The summed E-state index contributed by atoms with van der Waals surface area (Å²) in [6.45, 7) is 2.00. The Hall–Kier alpha value is -5.32. The van der Waals surface area contributed by atoms with Gasteiger partial charge in [-0.1, -0.05) is 17.7 Å². The second kappa shape index (κ2) is 11.6. The summed E-state index contributed by atoms with van der Waals surface area (Å²) in [6, 6.07) is 20.8. The molecule has 0 aromatic heterocycles. The van der Waals surface area contributed by atoms with Crippen LogP contribution in [-0.4, -0.2) is 47.5 Å². The monoisotopic (exact) mass is 688 g/mol. The molecule has 2 saturated heterocycles. The fraction of sp³-hybridized carbons (Fsp3) is 0.400. The molecule has 10 atom stereocenters. The minimum absolute atomic E-state index is 0.0129. The number of ether oxygens (including phenoxy) is 3. The minimum Gasteiger partial charge on any atom is -0.457 e. The molecule has 51 heavy (non-hydrogen) atoms. The lowest BCUT2D eigenvalue weighted by Crippen LogP contribution is -2.36. The van der Waals surface area contributed by atoms with Crippen molar-refractivity contribution in [2.24, 2.45) is 59.2 Å². The van der Waals surface area contributed by atoms with Crippen LogP contribution >= 0.6 is 0 Å². The van der Waals surface area contributed by atoms with E-state index in [0.29, 0.717) is 42.9 Å². The maximum Gasteiger partial charge on any atom is 0.314 e. The topological polar surface area (TPSA) is 137 Å². The Bertz CT molecular complexity index is 1990. The molecule has 10 unspecified atom stereocenters. The molecule has 0 N–H and O–H groups in total. The Kier molecular flexibility index (Phi) is 7.21. The van der Waals surface area contributed by atoms with Gasteiger partial charge >= 0.3 is 11.9 Å². The van der Waals surface area contributed by atoms with Crippen molar-refractivity contribution in [3.05, 3.63) is 78.4 Å². The van der Waals surface area contributed by atoms with Gasteiger partial charge in [-0.25, -0.2) is 0 Å². The van der Waals surface area contributed by atoms with Crippen LogP contribution in [0.2, 0.25) is 0 Å². The smallest absolute Gasteiger partial charge is 0.314 e. The second-order valence-corrected chi connectivity index (χ2v) is 15.1. The number of benzene rings is 3. The Morgan fingerprint density at radius 1 is 0.549 bits per heavy atom. The van der Waals surface area contributed by atoms with Crippen molar-refractivity contribution in [2.45, 2.75) is 32.6 Å². The Morgan fingerprint density at radius 2 is 0.961 bits per heavy atom. The van der Waals surface area contributed by atoms with Crippen molar-refractivity contribution in [1.82, 2.24) is 4.90 Å². The van der Waals surface area contributed by atoms with Crippen LogP contribution < -0.4 is 19.1 Å². The van der Waals surface area contributed by atoms with Gasteiger partial charge < -0.3 is 14.2 Å². The normalized spacial score (nSPS) is 32.8. The highest BCUT2D eigenvalue weighted by Gasteiger charge is 2.66. The predicted molar refractivity (Wildman–Crippen MR) is 179 cm³/mol. The zero-order valence-corrected chi connectivity index (χ0v) is 28.1. The first-order valence-corrected chi connectivity index (χ1v) is 17.6. The highest BCUT2D eigenvalue weighted by atomic mass is 16.5. The molecule has 4 saturated carbocycles. The molecule has 4 amide bonds.